The van der Waals surface area contributed by atoms with Gasteiger partial charge in [-0.2, -0.15) is 0 Å². The number of benzene rings is 4. The molecule has 7 nitrogen and oxygen atoms in total. The van der Waals surface area contributed by atoms with Crippen molar-refractivity contribution in [1.82, 2.24) is 10.2 Å². The molecule has 1 atom stereocenters. The van der Waals surface area contributed by atoms with E-state index < -0.39 is 40.2 Å². The monoisotopic (exact) mass is 649 g/mol. The summed E-state index contributed by atoms with van der Waals surface area (Å²) in [5.41, 5.74) is 2.53. The molecule has 2 amide bonds. The molecule has 0 aromatic heterocycles. The van der Waals surface area contributed by atoms with Gasteiger partial charge >= 0.3 is 0 Å². The Hall–Kier alpha value is -4.21. The number of amides is 2. The second-order valence-electron chi connectivity index (χ2n) is 10.8. The van der Waals surface area contributed by atoms with Crippen molar-refractivity contribution in [3.63, 3.8) is 0 Å². The van der Waals surface area contributed by atoms with Crippen molar-refractivity contribution in [2.75, 3.05) is 17.4 Å². The van der Waals surface area contributed by atoms with Crippen LogP contribution in [-0.4, -0.2) is 44.3 Å². The van der Waals surface area contributed by atoms with E-state index in [2.05, 4.69) is 5.32 Å². The lowest BCUT2D eigenvalue weighted by molar-refractivity contribution is -0.140. The molecule has 45 heavy (non-hydrogen) atoms. The highest BCUT2D eigenvalue weighted by Crippen LogP contribution is 2.31. The zero-order valence-electron chi connectivity index (χ0n) is 25.5. The summed E-state index contributed by atoms with van der Waals surface area (Å²) in [6, 6.07) is 25.3. The number of hydrogen-bond donors (Lipinski definition) is 1. The summed E-state index contributed by atoms with van der Waals surface area (Å²) in [6.45, 7) is 4.90. The van der Waals surface area contributed by atoms with Crippen LogP contribution in [0.15, 0.2) is 102 Å². The van der Waals surface area contributed by atoms with E-state index in [0.717, 1.165) is 15.4 Å². The molecule has 0 radical (unpaired) electrons. The van der Waals surface area contributed by atoms with Crippen molar-refractivity contribution in [3.05, 3.63) is 130 Å². The number of rotatable bonds is 13. The molecule has 0 spiro atoms. The Kier molecular flexibility index (Phi) is 11.4. The van der Waals surface area contributed by atoms with E-state index >= 15 is 4.39 Å². The summed E-state index contributed by atoms with van der Waals surface area (Å²) >= 11 is 6.42. The van der Waals surface area contributed by atoms with Gasteiger partial charge in [0.05, 0.1) is 10.6 Å². The zero-order chi connectivity index (χ0) is 32.6. The molecule has 4 aromatic rings. The Bertz CT molecular complexity index is 1730. The summed E-state index contributed by atoms with van der Waals surface area (Å²) in [4.78, 5) is 29.4. The maximum Gasteiger partial charge on any atom is 0.264 e. The van der Waals surface area contributed by atoms with Crippen molar-refractivity contribution in [2.24, 2.45) is 0 Å². The van der Waals surface area contributed by atoms with E-state index in [1.54, 1.807) is 49.4 Å². The van der Waals surface area contributed by atoms with E-state index in [9.17, 15) is 18.0 Å². The number of carbonyl (C=O) groups excluding carboxylic acids is 2. The molecule has 0 saturated heterocycles. The molecule has 1 unspecified atom stereocenters. The molecule has 0 fully saturated rings. The highest BCUT2D eigenvalue weighted by atomic mass is 35.5. The van der Waals surface area contributed by atoms with E-state index in [-0.39, 0.29) is 29.1 Å². The second kappa shape index (κ2) is 15.2. The first-order chi connectivity index (χ1) is 21.5. The number of halogens is 2. The third kappa shape index (κ3) is 8.29. The van der Waals surface area contributed by atoms with Gasteiger partial charge in [0.15, 0.2) is 0 Å². The van der Waals surface area contributed by atoms with Crippen molar-refractivity contribution >= 4 is 39.1 Å². The highest BCUT2D eigenvalue weighted by Gasteiger charge is 2.35. The molecule has 236 valence electrons. The highest BCUT2D eigenvalue weighted by molar-refractivity contribution is 7.92. The van der Waals surface area contributed by atoms with Crippen LogP contribution < -0.4 is 9.62 Å². The Morgan fingerprint density at radius 3 is 2.22 bits per heavy atom. The SMILES string of the molecule is CCCNC(=O)C(Cc1ccccc1)N(Cc1ccccc1F)C(=O)CN(c1cccc(Cl)c1C)S(=O)(=O)c1ccc(C)cc1. The Morgan fingerprint density at radius 2 is 1.56 bits per heavy atom. The van der Waals surface area contributed by atoms with Crippen LogP contribution in [0.5, 0.6) is 0 Å². The summed E-state index contributed by atoms with van der Waals surface area (Å²) in [6.07, 6.45) is 0.805. The number of hydrogen-bond acceptors (Lipinski definition) is 4. The van der Waals surface area contributed by atoms with Crippen LogP contribution in [-0.2, 0) is 32.6 Å². The second-order valence-corrected chi connectivity index (χ2v) is 13.1. The normalized spacial score (nSPS) is 11.9. The van der Waals surface area contributed by atoms with Crippen LogP contribution in [0.3, 0.4) is 0 Å². The van der Waals surface area contributed by atoms with Gasteiger partial charge in [0.25, 0.3) is 10.0 Å². The Balaban J connectivity index is 1.83. The number of sulfonamides is 1. The van der Waals surface area contributed by atoms with E-state index in [4.69, 9.17) is 11.6 Å². The quantitative estimate of drug-likeness (QED) is 0.180. The molecule has 4 aromatic carbocycles. The molecule has 4 rings (SSSR count). The lowest BCUT2D eigenvalue weighted by Crippen LogP contribution is -2.53. The summed E-state index contributed by atoms with van der Waals surface area (Å²) in [7, 11) is -4.29. The number of nitrogens with zero attached hydrogens (tertiary/aromatic N) is 2. The van der Waals surface area contributed by atoms with E-state index in [1.165, 1.54) is 29.2 Å². The van der Waals surface area contributed by atoms with Crippen LogP contribution in [0, 0.1) is 19.7 Å². The minimum absolute atomic E-state index is 0.0116. The fourth-order valence-electron chi connectivity index (χ4n) is 4.95. The first-order valence-electron chi connectivity index (χ1n) is 14.7. The predicted molar refractivity (Wildman–Crippen MR) is 176 cm³/mol. The van der Waals surface area contributed by atoms with Crippen molar-refractivity contribution in [3.8, 4) is 0 Å². The topological polar surface area (TPSA) is 86.8 Å². The fourth-order valence-corrected chi connectivity index (χ4v) is 6.59. The minimum atomic E-state index is -4.29. The lowest BCUT2D eigenvalue weighted by atomic mass is 10.0. The zero-order valence-corrected chi connectivity index (χ0v) is 27.1. The minimum Gasteiger partial charge on any atom is -0.354 e. The summed E-state index contributed by atoms with van der Waals surface area (Å²) in [5.74, 6) is -1.64. The molecular formula is C35H37ClFN3O4S. The summed E-state index contributed by atoms with van der Waals surface area (Å²) < 4.78 is 44.4. The van der Waals surface area contributed by atoms with Crippen molar-refractivity contribution in [1.29, 1.82) is 0 Å². The maximum atomic E-state index is 15.0. The molecule has 1 N–H and O–H groups in total. The molecule has 10 heteroatoms. The molecular weight excluding hydrogens is 613 g/mol. The van der Waals surface area contributed by atoms with Gasteiger partial charge in [-0.1, -0.05) is 90.8 Å². The van der Waals surface area contributed by atoms with Gasteiger partial charge in [0.2, 0.25) is 11.8 Å². The fraction of sp³-hybridized carbons (Fsp3) is 0.257. The Morgan fingerprint density at radius 1 is 0.889 bits per heavy atom. The molecule has 0 bridgehead atoms. The first kappa shape index (κ1) is 33.7. The van der Waals surface area contributed by atoms with Crippen LogP contribution in [0.1, 0.15) is 35.6 Å². The number of nitrogens with one attached hydrogen (secondary N) is 1. The van der Waals surface area contributed by atoms with Gasteiger partial charge in [0, 0.05) is 30.1 Å². The van der Waals surface area contributed by atoms with E-state index in [0.29, 0.717) is 23.6 Å². The molecule has 0 saturated carbocycles. The average molecular weight is 650 g/mol. The van der Waals surface area contributed by atoms with Crippen LogP contribution in [0.4, 0.5) is 10.1 Å². The average Bonchev–Trinajstić information content (AvgIpc) is 3.03. The lowest BCUT2D eigenvalue weighted by Gasteiger charge is -2.34. The van der Waals surface area contributed by atoms with E-state index in [1.807, 2.05) is 44.2 Å². The van der Waals surface area contributed by atoms with Crippen molar-refractivity contribution < 1.29 is 22.4 Å². The largest absolute Gasteiger partial charge is 0.354 e. The summed E-state index contributed by atoms with van der Waals surface area (Å²) in [5, 5.41) is 3.20. The molecule has 0 aliphatic rings. The predicted octanol–water partition coefficient (Wildman–Crippen LogP) is 6.46. The van der Waals surface area contributed by atoms with Gasteiger partial charge in [-0.3, -0.25) is 13.9 Å². The molecule has 0 aliphatic carbocycles. The Labute approximate surface area is 269 Å². The number of anilines is 1. The van der Waals surface area contributed by atoms with Gasteiger partial charge in [-0.15, -0.1) is 0 Å². The number of carbonyl (C=O) groups is 2. The maximum absolute atomic E-state index is 15.0. The third-order valence-corrected chi connectivity index (χ3v) is 9.70. The van der Waals surface area contributed by atoms with Crippen LogP contribution in [0.25, 0.3) is 0 Å². The first-order valence-corrected chi connectivity index (χ1v) is 16.5. The van der Waals surface area contributed by atoms with Crippen LogP contribution >= 0.6 is 11.6 Å². The smallest absolute Gasteiger partial charge is 0.264 e. The molecule has 0 heterocycles. The standard InChI is InChI=1S/C35H37ClFN3O4S/c1-4-21-38-35(42)33(22-27-11-6-5-7-12-27)39(23-28-13-8-9-15-31(28)37)34(41)24-40(32-16-10-14-30(36)26(32)3)45(43,44)29-19-17-25(2)18-20-29/h5-20,33H,4,21-24H2,1-3H3,(H,38,42). The van der Waals surface area contributed by atoms with Gasteiger partial charge in [-0.05, 0) is 61.7 Å². The number of aryl methyl sites for hydroxylation is 1. The van der Waals surface area contributed by atoms with Crippen LogP contribution in [0.2, 0.25) is 5.02 Å². The molecule has 0 aliphatic heterocycles. The van der Waals surface area contributed by atoms with Gasteiger partial charge < -0.3 is 10.2 Å². The van der Waals surface area contributed by atoms with Gasteiger partial charge in [0.1, 0.15) is 18.4 Å². The third-order valence-electron chi connectivity index (χ3n) is 7.51. The van der Waals surface area contributed by atoms with Gasteiger partial charge in [-0.25, -0.2) is 12.8 Å². The van der Waals surface area contributed by atoms with Crippen molar-refractivity contribution in [2.45, 2.75) is 51.1 Å².